The number of benzene rings is 3. The van der Waals surface area contributed by atoms with Crippen LogP contribution in [0.5, 0.6) is 0 Å². The SMILES string of the molecule is O=S(=O)(c1ccccc1)N(Cc1ccc(C(F)(F)F)c(F)c1)c1nc2ccccc2n1CC(F)(F)F. The standard InChI is InChI=1S/C23H16F7N3O2S/c24-18-12-15(10-11-17(18)23(28,29)30)13-33(36(34,35)16-6-2-1-3-7-16)21-31-19-8-4-5-9-20(19)32(21)14-22(25,26)27/h1-12H,13-14H2. The van der Waals surface area contributed by atoms with E-state index in [1.165, 1.54) is 54.6 Å². The van der Waals surface area contributed by atoms with Gasteiger partial charge < -0.3 is 4.57 Å². The lowest BCUT2D eigenvalue weighted by Crippen LogP contribution is -2.34. The number of fused-ring (bicyclic) bond motifs is 1. The molecule has 0 aliphatic heterocycles. The van der Waals surface area contributed by atoms with E-state index in [0.29, 0.717) is 21.0 Å². The molecule has 0 radical (unpaired) electrons. The van der Waals surface area contributed by atoms with Crippen molar-refractivity contribution in [2.45, 2.75) is 30.3 Å². The quantitative estimate of drug-likeness (QED) is 0.281. The lowest BCUT2D eigenvalue weighted by Gasteiger charge is -2.25. The molecule has 0 aliphatic carbocycles. The second kappa shape index (κ2) is 9.12. The summed E-state index contributed by atoms with van der Waals surface area (Å²) in [7, 11) is -4.59. The predicted molar refractivity (Wildman–Crippen MR) is 117 cm³/mol. The average molecular weight is 531 g/mol. The van der Waals surface area contributed by atoms with Crippen LogP contribution < -0.4 is 4.31 Å². The molecule has 0 spiro atoms. The number of hydrogen-bond acceptors (Lipinski definition) is 3. The molecule has 0 bridgehead atoms. The second-order valence-electron chi connectivity index (χ2n) is 7.74. The third-order valence-electron chi connectivity index (χ3n) is 5.19. The van der Waals surface area contributed by atoms with Gasteiger partial charge in [0.25, 0.3) is 10.0 Å². The van der Waals surface area contributed by atoms with E-state index in [1.807, 2.05) is 0 Å². The van der Waals surface area contributed by atoms with Gasteiger partial charge in [0, 0.05) is 0 Å². The Balaban J connectivity index is 1.91. The van der Waals surface area contributed by atoms with E-state index >= 15 is 0 Å². The molecule has 0 N–H and O–H groups in total. The van der Waals surface area contributed by atoms with Crippen molar-refractivity contribution < 1.29 is 39.2 Å². The molecule has 4 rings (SSSR count). The van der Waals surface area contributed by atoms with Crippen LogP contribution >= 0.6 is 0 Å². The van der Waals surface area contributed by atoms with E-state index in [4.69, 9.17) is 0 Å². The van der Waals surface area contributed by atoms with Gasteiger partial charge in [-0.1, -0.05) is 36.4 Å². The first-order valence-corrected chi connectivity index (χ1v) is 11.7. The van der Waals surface area contributed by atoms with Crippen molar-refractivity contribution in [2.75, 3.05) is 4.31 Å². The number of rotatable bonds is 6. The largest absolute Gasteiger partial charge is 0.419 e. The van der Waals surface area contributed by atoms with E-state index in [9.17, 15) is 39.2 Å². The monoisotopic (exact) mass is 531 g/mol. The molecule has 5 nitrogen and oxygen atoms in total. The number of nitrogens with zero attached hydrogens (tertiary/aromatic N) is 3. The summed E-state index contributed by atoms with van der Waals surface area (Å²) >= 11 is 0. The molecule has 0 saturated heterocycles. The van der Waals surface area contributed by atoms with Crippen LogP contribution in [-0.4, -0.2) is 24.1 Å². The zero-order valence-electron chi connectivity index (χ0n) is 18.1. The van der Waals surface area contributed by atoms with Gasteiger partial charge in [-0.05, 0) is 42.0 Å². The van der Waals surface area contributed by atoms with E-state index < -0.39 is 52.8 Å². The first-order valence-electron chi connectivity index (χ1n) is 10.2. The number of para-hydroxylation sites is 2. The minimum Gasteiger partial charge on any atom is -0.300 e. The van der Waals surface area contributed by atoms with Gasteiger partial charge in [-0.15, -0.1) is 0 Å². The summed E-state index contributed by atoms with van der Waals surface area (Å²) in [5.41, 5.74) is -1.75. The summed E-state index contributed by atoms with van der Waals surface area (Å²) in [4.78, 5) is 3.80. The number of alkyl halides is 6. The van der Waals surface area contributed by atoms with Gasteiger partial charge in [-0.3, -0.25) is 0 Å². The third-order valence-corrected chi connectivity index (χ3v) is 6.93. The van der Waals surface area contributed by atoms with Crippen molar-refractivity contribution in [3.8, 4) is 0 Å². The molecule has 1 heterocycles. The molecule has 0 fully saturated rings. The molecule has 0 atom stereocenters. The summed E-state index contributed by atoms with van der Waals surface area (Å²) in [6.45, 7) is -2.38. The fourth-order valence-corrected chi connectivity index (χ4v) is 5.05. The minimum atomic E-state index is -4.99. The number of hydrogen-bond donors (Lipinski definition) is 0. The first-order chi connectivity index (χ1) is 16.8. The topological polar surface area (TPSA) is 55.2 Å². The summed E-state index contributed by atoms with van der Waals surface area (Å²) in [6.07, 6.45) is -9.75. The summed E-state index contributed by atoms with van der Waals surface area (Å²) in [5, 5.41) is 0. The predicted octanol–water partition coefficient (Wildman–Crippen LogP) is 6.15. The Hall–Kier alpha value is -3.61. The average Bonchev–Trinajstić information content (AvgIpc) is 3.13. The number of anilines is 1. The maximum Gasteiger partial charge on any atom is 0.419 e. The van der Waals surface area contributed by atoms with Gasteiger partial charge in [-0.25, -0.2) is 22.1 Å². The maximum absolute atomic E-state index is 14.2. The fraction of sp³-hybridized carbons (Fsp3) is 0.174. The minimum absolute atomic E-state index is 0.0170. The molecule has 3 aromatic carbocycles. The number of imidazole rings is 1. The molecule has 0 unspecified atom stereocenters. The zero-order valence-corrected chi connectivity index (χ0v) is 18.9. The Morgan fingerprint density at radius 1 is 0.861 bits per heavy atom. The highest BCUT2D eigenvalue weighted by Gasteiger charge is 2.36. The van der Waals surface area contributed by atoms with E-state index in [-0.39, 0.29) is 21.5 Å². The van der Waals surface area contributed by atoms with E-state index in [1.54, 1.807) is 0 Å². The number of sulfonamides is 1. The van der Waals surface area contributed by atoms with Gasteiger partial charge in [0.05, 0.1) is 28.0 Å². The lowest BCUT2D eigenvalue weighted by molar-refractivity contribution is -0.140. The molecule has 0 amide bonds. The van der Waals surface area contributed by atoms with Crippen LogP contribution in [0, 0.1) is 5.82 Å². The normalized spacial score (nSPS) is 12.8. The molecular weight excluding hydrogens is 515 g/mol. The Morgan fingerprint density at radius 2 is 1.50 bits per heavy atom. The molecule has 1 aromatic heterocycles. The van der Waals surface area contributed by atoms with Crippen LogP contribution in [0.1, 0.15) is 11.1 Å². The molecule has 0 saturated carbocycles. The number of aromatic nitrogens is 2. The van der Waals surface area contributed by atoms with Gasteiger partial charge >= 0.3 is 12.4 Å². The lowest BCUT2D eigenvalue weighted by atomic mass is 10.1. The first kappa shape index (κ1) is 25.5. The van der Waals surface area contributed by atoms with Crippen molar-refractivity contribution in [1.29, 1.82) is 0 Å². The molecule has 4 aromatic rings. The van der Waals surface area contributed by atoms with Crippen LogP contribution in [-0.2, 0) is 29.3 Å². The van der Waals surface area contributed by atoms with Crippen LogP contribution in [0.4, 0.5) is 36.7 Å². The highest BCUT2D eigenvalue weighted by Crippen LogP contribution is 2.34. The highest BCUT2D eigenvalue weighted by molar-refractivity contribution is 7.92. The van der Waals surface area contributed by atoms with Crippen LogP contribution in [0.25, 0.3) is 11.0 Å². The van der Waals surface area contributed by atoms with Crippen molar-refractivity contribution in [2.24, 2.45) is 0 Å². The molecule has 190 valence electrons. The molecule has 13 heteroatoms. The summed E-state index contributed by atoms with van der Waals surface area (Å²) < 4.78 is 122. The number of halogens is 7. The summed E-state index contributed by atoms with van der Waals surface area (Å²) in [5.74, 6) is -2.28. The molecular formula is C23H16F7N3O2S. The van der Waals surface area contributed by atoms with Crippen molar-refractivity contribution >= 4 is 27.0 Å². The van der Waals surface area contributed by atoms with Gasteiger partial charge in [0.1, 0.15) is 12.4 Å². The van der Waals surface area contributed by atoms with Crippen molar-refractivity contribution in [3.05, 3.63) is 89.7 Å². The Kier molecular flexibility index (Phi) is 6.45. The second-order valence-corrected chi connectivity index (χ2v) is 9.60. The van der Waals surface area contributed by atoms with Crippen molar-refractivity contribution in [1.82, 2.24) is 9.55 Å². The van der Waals surface area contributed by atoms with E-state index in [2.05, 4.69) is 4.98 Å². The van der Waals surface area contributed by atoms with Gasteiger partial charge in [0.2, 0.25) is 5.95 Å². The Bertz CT molecular complexity index is 1500. The summed E-state index contributed by atoms with van der Waals surface area (Å²) in [6, 6.07) is 14.1. The van der Waals surface area contributed by atoms with E-state index in [0.717, 1.165) is 6.07 Å². The Labute approximate surface area is 200 Å². The molecule has 36 heavy (non-hydrogen) atoms. The van der Waals surface area contributed by atoms with Crippen LogP contribution in [0.15, 0.2) is 77.7 Å². The molecule has 0 aliphatic rings. The smallest absolute Gasteiger partial charge is 0.300 e. The van der Waals surface area contributed by atoms with Crippen LogP contribution in [0.2, 0.25) is 0 Å². The highest BCUT2D eigenvalue weighted by atomic mass is 32.2. The third kappa shape index (κ3) is 5.15. The fourth-order valence-electron chi connectivity index (χ4n) is 3.62. The Morgan fingerprint density at radius 3 is 2.11 bits per heavy atom. The maximum atomic E-state index is 14.2. The van der Waals surface area contributed by atoms with Gasteiger partial charge in [0.15, 0.2) is 0 Å². The van der Waals surface area contributed by atoms with Crippen LogP contribution in [0.3, 0.4) is 0 Å². The van der Waals surface area contributed by atoms with Crippen molar-refractivity contribution in [3.63, 3.8) is 0 Å². The zero-order chi connectivity index (χ0) is 26.3. The van der Waals surface area contributed by atoms with Gasteiger partial charge in [-0.2, -0.15) is 26.3 Å².